The molecule has 1 saturated heterocycles. The van der Waals surface area contributed by atoms with Gasteiger partial charge in [-0.05, 0) is 31.7 Å². The fourth-order valence-corrected chi connectivity index (χ4v) is 2.18. The topological polar surface area (TPSA) is 44.5 Å². The second kappa shape index (κ2) is 6.07. The summed E-state index contributed by atoms with van der Waals surface area (Å²) < 4.78 is 0. The number of hydrogen-bond donors (Lipinski definition) is 2. The second-order valence-electron chi connectivity index (χ2n) is 5.14. The molecule has 18 heavy (non-hydrogen) atoms. The smallest absolute Gasteiger partial charge is 0.0364 e. The van der Waals surface area contributed by atoms with Gasteiger partial charge in [-0.15, -0.1) is 0 Å². The van der Waals surface area contributed by atoms with E-state index in [1.807, 2.05) is 13.0 Å². The molecule has 0 unspecified atom stereocenters. The van der Waals surface area contributed by atoms with Gasteiger partial charge in [-0.2, -0.15) is 0 Å². The molecule has 0 aliphatic carbocycles. The minimum absolute atomic E-state index is 0.861. The summed E-state index contributed by atoms with van der Waals surface area (Å²) in [5, 5.41) is 3.44. The van der Waals surface area contributed by atoms with Crippen molar-refractivity contribution in [1.82, 2.24) is 9.80 Å². The predicted octanol–water partition coefficient (Wildman–Crippen LogP) is 1.24. The molecule has 3 N–H and O–H groups in total. The first-order valence-corrected chi connectivity index (χ1v) is 6.66. The first-order chi connectivity index (χ1) is 8.65. The molecule has 0 amide bonds. The third-order valence-electron chi connectivity index (χ3n) is 3.63. The summed E-state index contributed by atoms with van der Waals surface area (Å²) in [4.78, 5) is 4.88. The van der Waals surface area contributed by atoms with E-state index in [0.29, 0.717) is 0 Å². The van der Waals surface area contributed by atoms with E-state index in [2.05, 4.69) is 34.3 Å². The molecule has 0 bridgehead atoms. The van der Waals surface area contributed by atoms with E-state index in [-0.39, 0.29) is 0 Å². The lowest BCUT2D eigenvalue weighted by atomic mass is 10.2. The van der Waals surface area contributed by atoms with E-state index in [9.17, 15) is 0 Å². The van der Waals surface area contributed by atoms with Crippen LogP contribution in [-0.2, 0) is 0 Å². The van der Waals surface area contributed by atoms with E-state index in [4.69, 9.17) is 5.73 Å². The van der Waals surface area contributed by atoms with Crippen LogP contribution in [0, 0.1) is 6.92 Å². The average Bonchev–Trinajstić information content (AvgIpc) is 2.36. The Morgan fingerprint density at radius 2 is 1.94 bits per heavy atom. The summed E-state index contributed by atoms with van der Waals surface area (Å²) in [5.74, 6) is 0. The predicted molar refractivity (Wildman–Crippen MR) is 78.0 cm³/mol. The Morgan fingerprint density at radius 3 is 2.61 bits per heavy atom. The molecule has 100 valence electrons. The van der Waals surface area contributed by atoms with E-state index in [1.165, 1.54) is 26.2 Å². The zero-order valence-electron chi connectivity index (χ0n) is 11.4. The van der Waals surface area contributed by atoms with E-state index in [1.54, 1.807) is 0 Å². The molecule has 0 radical (unpaired) electrons. The number of aryl methyl sites for hydroxylation is 1. The fraction of sp³-hybridized carbons (Fsp3) is 0.571. The van der Waals surface area contributed by atoms with Crippen LogP contribution >= 0.6 is 0 Å². The molecule has 1 fully saturated rings. The van der Waals surface area contributed by atoms with Gasteiger partial charge in [0.15, 0.2) is 0 Å². The van der Waals surface area contributed by atoms with Crippen LogP contribution in [0.2, 0.25) is 0 Å². The molecule has 0 atom stereocenters. The summed E-state index contributed by atoms with van der Waals surface area (Å²) in [5.41, 5.74) is 9.01. The highest BCUT2D eigenvalue weighted by atomic mass is 15.2. The minimum atomic E-state index is 0.861. The summed E-state index contributed by atoms with van der Waals surface area (Å²) in [6, 6.07) is 6.17. The third kappa shape index (κ3) is 3.62. The monoisotopic (exact) mass is 248 g/mol. The van der Waals surface area contributed by atoms with Crippen molar-refractivity contribution in [3.8, 4) is 0 Å². The maximum absolute atomic E-state index is 5.89. The van der Waals surface area contributed by atoms with E-state index >= 15 is 0 Å². The molecule has 0 saturated carbocycles. The lowest BCUT2D eigenvalue weighted by molar-refractivity contribution is 0.158. The Balaban J connectivity index is 1.73. The number of nitrogens with zero attached hydrogens (tertiary/aromatic N) is 2. The van der Waals surface area contributed by atoms with Crippen molar-refractivity contribution in [3.05, 3.63) is 23.8 Å². The first-order valence-electron chi connectivity index (χ1n) is 6.66. The van der Waals surface area contributed by atoms with Gasteiger partial charge in [0, 0.05) is 50.6 Å². The van der Waals surface area contributed by atoms with Gasteiger partial charge in [0.25, 0.3) is 0 Å². The van der Waals surface area contributed by atoms with Gasteiger partial charge in [-0.1, -0.05) is 6.07 Å². The number of hydrogen-bond acceptors (Lipinski definition) is 4. The Kier molecular flexibility index (Phi) is 4.44. The molecular formula is C14H24N4. The van der Waals surface area contributed by atoms with Crippen molar-refractivity contribution in [2.45, 2.75) is 6.92 Å². The van der Waals surface area contributed by atoms with Gasteiger partial charge in [0.2, 0.25) is 0 Å². The molecule has 4 nitrogen and oxygen atoms in total. The van der Waals surface area contributed by atoms with Crippen molar-refractivity contribution in [2.75, 3.05) is 57.4 Å². The highest BCUT2D eigenvalue weighted by Crippen LogP contribution is 2.16. The van der Waals surface area contributed by atoms with Crippen LogP contribution < -0.4 is 11.1 Å². The highest BCUT2D eigenvalue weighted by Gasteiger charge is 2.12. The van der Waals surface area contributed by atoms with Crippen LogP contribution in [0.5, 0.6) is 0 Å². The van der Waals surface area contributed by atoms with Crippen LogP contribution in [0.15, 0.2) is 18.2 Å². The van der Waals surface area contributed by atoms with Crippen molar-refractivity contribution >= 4 is 11.4 Å². The van der Waals surface area contributed by atoms with Crippen molar-refractivity contribution < 1.29 is 0 Å². The second-order valence-corrected chi connectivity index (χ2v) is 5.14. The van der Waals surface area contributed by atoms with Gasteiger partial charge in [-0.3, -0.25) is 4.90 Å². The summed E-state index contributed by atoms with van der Waals surface area (Å²) in [6.07, 6.45) is 0. The molecule has 1 aromatic rings. The summed E-state index contributed by atoms with van der Waals surface area (Å²) in [7, 11) is 2.19. The molecule has 1 heterocycles. The summed E-state index contributed by atoms with van der Waals surface area (Å²) in [6.45, 7) is 8.81. The minimum Gasteiger partial charge on any atom is -0.398 e. The maximum atomic E-state index is 5.89. The largest absolute Gasteiger partial charge is 0.398 e. The maximum Gasteiger partial charge on any atom is 0.0364 e. The number of nitrogens with two attached hydrogens (primary N) is 1. The van der Waals surface area contributed by atoms with Crippen LogP contribution in [0.1, 0.15) is 5.56 Å². The quantitative estimate of drug-likeness (QED) is 0.787. The van der Waals surface area contributed by atoms with E-state index in [0.717, 1.165) is 30.0 Å². The SMILES string of the molecule is Cc1ccc(NCCN2CCN(C)CC2)cc1N. The molecule has 1 aromatic carbocycles. The molecule has 2 rings (SSSR count). The van der Waals surface area contributed by atoms with Crippen molar-refractivity contribution in [1.29, 1.82) is 0 Å². The zero-order chi connectivity index (χ0) is 13.0. The van der Waals surface area contributed by atoms with Crippen LogP contribution in [0.4, 0.5) is 11.4 Å². The number of nitrogen functional groups attached to an aromatic ring is 1. The Labute approximate surface area is 110 Å². The standard InChI is InChI=1S/C14H24N4/c1-12-3-4-13(11-14(12)15)16-5-6-18-9-7-17(2)8-10-18/h3-4,11,16H,5-10,15H2,1-2H3. The Morgan fingerprint density at radius 1 is 1.22 bits per heavy atom. The molecule has 1 aliphatic rings. The average molecular weight is 248 g/mol. The molecule has 0 aromatic heterocycles. The lowest BCUT2D eigenvalue weighted by Gasteiger charge is -2.32. The number of benzene rings is 1. The Bertz CT molecular complexity index is 383. The number of anilines is 2. The Hall–Kier alpha value is -1.26. The highest BCUT2D eigenvalue weighted by molar-refractivity contribution is 5.58. The third-order valence-corrected chi connectivity index (χ3v) is 3.63. The van der Waals surface area contributed by atoms with Gasteiger partial charge < -0.3 is 16.0 Å². The van der Waals surface area contributed by atoms with Gasteiger partial charge in [0.05, 0.1) is 0 Å². The van der Waals surface area contributed by atoms with Crippen molar-refractivity contribution in [2.24, 2.45) is 0 Å². The molecular weight excluding hydrogens is 224 g/mol. The number of likely N-dealkylation sites (N-methyl/N-ethyl adjacent to an activating group) is 1. The first kappa shape index (κ1) is 13.2. The molecule has 4 heteroatoms. The van der Waals surface area contributed by atoms with Crippen LogP contribution in [-0.4, -0.2) is 56.1 Å². The van der Waals surface area contributed by atoms with Gasteiger partial charge >= 0.3 is 0 Å². The number of piperazine rings is 1. The fourth-order valence-electron chi connectivity index (χ4n) is 2.18. The van der Waals surface area contributed by atoms with Crippen molar-refractivity contribution in [3.63, 3.8) is 0 Å². The van der Waals surface area contributed by atoms with Gasteiger partial charge in [-0.25, -0.2) is 0 Å². The number of nitrogens with one attached hydrogen (secondary N) is 1. The number of rotatable bonds is 4. The van der Waals surface area contributed by atoms with Crippen LogP contribution in [0.3, 0.4) is 0 Å². The normalized spacial score (nSPS) is 17.9. The lowest BCUT2D eigenvalue weighted by Crippen LogP contribution is -2.45. The van der Waals surface area contributed by atoms with E-state index < -0.39 is 0 Å². The zero-order valence-corrected chi connectivity index (χ0v) is 11.4. The van der Waals surface area contributed by atoms with Crippen LogP contribution in [0.25, 0.3) is 0 Å². The summed E-state index contributed by atoms with van der Waals surface area (Å²) >= 11 is 0. The van der Waals surface area contributed by atoms with Gasteiger partial charge in [0.1, 0.15) is 0 Å². The molecule has 1 aliphatic heterocycles. The molecule has 0 spiro atoms.